The zero-order chi connectivity index (χ0) is 11.3. The fourth-order valence-corrected chi connectivity index (χ4v) is 1.38. The number of benzene rings is 1. The van der Waals surface area contributed by atoms with Crippen molar-refractivity contribution < 1.29 is 9.13 Å². The summed E-state index contributed by atoms with van der Waals surface area (Å²) in [4.78, 5) is 0. The van der Waals surface area contributed by atoms with Crippen LogP contribution in [0.25, 0.3) is 0 Å². The van der Waals surface area contributed by atoms with Crippen LogP contribution in [-0.2, 0) is 0 Å². The molecule has 0 aromatic heterocycles. The first-order chi connectivity index (χ1) is 7.17. The number of rotatable bonds is 5. The van der Waals surface area contributed by atoms with Crippen LogP contribution in [0, 0.1) is 11.7 Å². The Kier molecular flexibility index (Phi) is 4.40. The van der Waals surface area contributed by atoms with Gasteiger partial charge in [0.1, 0.15) is 11.6 Å². The number of nitrogens with two attached hydrogens (primary N) is 1. The molecule has 0 saturated carbocycles. The molecule has 0 bridgehead atoms. The van der Waals surface area contributed by atoms with E-state index in [9.17, 15) is 4.39 Å². The molecule has 0 aliphatic rings. The highest BCUT2D eigenvalue weighted by molar-refractivity contribution is 5.52. The molecule has 0 spiro atoms. The fourth-order valence-electron chi connectivity index (χ4n) is 1.38. The van der Waals surface area contributed by atoms with Crippen LogP contribution in [-0.4, -0.2) is 6.61 Å². The molecule has 1 aromatic rings. The van der Waals surface area contributed by atoms with Crippen LogP contribution < -0.4 is 10.5 Å². The molecule has 0 heterocycles. The molecule has 15 heavy (non-hydrogen) atoms. The Morgan fingerprint density at radius 1 is 1.33 bits per heavy atom. The molecular formula is C12H18FNO. The van der Waals surface area contributed by atoms with Gasteiger partial charge < -0.3 is 10.5 Å². The van der Waals surface area contributed by atoms with Crippen molar-refractivity contribution in [2.24, 2.45) is 5.92 Å². The number of nitrogen functional groups attached to an aromatic ring is 1. The molecule has 0 unspecified atom stereocenters. The van der Waals surface area contributed by atoms with Crippen molar-refractivity contribution in [3.63, 3.8) is 0 Å². The molecule has 0 saturated heterocycles. The minimum absolute atomic E-state index is 0.331. The molecule has 84 valence electrons. The average molecular weight is 211 g/mol. The Balaban J connectivity index is 2.57. The molecule has 0 aliphatic carbocycles. The monoisotopic (exact) mass is 211 g/mol. The van der Waals surface area contributed by atoms with Crippen LogP contribution in [0.15, 0.2) is 18.2 Å². The number of anilines is 1. The van der Waals surface area contributed by atoms with Gasteiger partial charge in [-0.25, -0.2) is 4.39 Å². The average Bonchev–Trinajstić information content (AvgIpc) is 2.22. The van der Waals surface area contributed by atoms with Crippen LogP contribution in [0.5, 0.6) is 5.75 Å². The third-order valence-corrected chi connectivity index (χ3v) is 2.60. The lowest BCUT2D eigenvalue weighted by atomic mass is 10.1. The molecule has 1 rings (SSSR count). The summed E-state index contributed by atoms with van der Waals surface area (Å²) in [6.07, 6.45) is 2.16. The first kappa shape index (κ1) is 11.8. The quantitative estimate of drug-likeness (QED) is 0.759. The van der Waals surface area contributed by atoms with E-state index in [2.05, 4.69) is 13.8 Å². The van der Waals surface area contributed by atoms with Crippen molar-refractivity contribution in [2.75, 3.05) is 12.3 Å². The second-order valence-electron chi connectivity index (χ2n) is 3.68. The highest BCUT2D eigenvalue weighted by Gasteiger charge is 2.06. The third-order valence-electron chi connectivity index (χ3n) is 2.60. The number of halogens is 1. The van der Waals surface area contributed by atoms with Crippen LogP contribution in [0.4, 0.5) is 10.1 Å². The predicted octanol–water partition coefficient (Wildman–Crippen LogP) is 3.22. The molecule has 2 nitrogen and oxygen atoms in total. The van der Waals surface area contributed by atoms with Gasteiger partial charge in [0.2, 0.25) is 0 Å². The highest BCUT2D eigenvalue weighted by atomic mass is 19.1. The van der Waals surface area contributed by atoms with E-state index in [4.69, 9.17) is 10.5 Å². The highest BCUT2D eigenvalue weighted by Crippen LogP contribution is 2.23. The second kappa shape index (κ2) is 5.59. The van der Waals surface area contributed by atoms with Crippen LogP contribution >= 0.6 is 0 Å². The maximum atomic E-state index is 12.7. The van der Waals surface area contributed by atoms with E-state index in [0.29, 0.717) is 24.0 Å². The van der Waals surface area contributed by atoms with E-state index in [1.165, 1.54) is 12.1 Å². The molecule has 2 N–H and O–H groups in total. The Bertz CT molecular complexity index is 310. The van der Waals surface area contributed by atoms with Gasteiger partial charge in [-0.3, -0.25) is 0 Å². The molecule has 1 aromatic carbocycles. The van der Waals surface area contributed by atoms with Gasteiger partial charge in [0.25, 0.3) is 0 Å². The van der Waals surface area contributed by atoms with Gasteiger partial charge in [0.15, 0.2) is 0 Å². The minimum Gasteiger partial charge on any atom is -0.491 e. The van der Waals surface area contributed by atoms with E-state index in [1.807, 2.05) is 0 Å². The Labute approximate surface area is 90.2 Å². The third kappa shape index (κ3) is 3.42. The minimum atomic E-state index is -0.331. The van der Waals surface area contributed by atoms with Gasteiger partial charge in [-0.05, 0) is 18.1 Å². The second-order valence-corrected chi connectivity index (χ2v) is 3.68. The summed E-state index contributed by atoms with van der Waals surface area (Å²) >= 11 is 0. The van der Waals surface area contributed by atoms with E-state index < -0.39 is 0 Å². The number of hydrogen-bond donors (Lipinski definition) is 1. The van der Waals surface area contributed by atoms with Crippen molar-refractivity contribution in [2.45, 2.75) is 26.7 Å². The molecule has 0 aliphatic heterocycles. The molecule has 0 atom stereocenters. The van der Waals surface area contributed by atoms with Crippen molar-refractivity contribution in [3.05, 3.63) is 24.0 Å². The summed E-state index contributed by atoms with van der Waals surface area (Å²) in [6.45, 7) is 4.90. The smallest absolute Gasteiger partial charge is 0.142 e. The maximum absolute atomic E-state index is 12.7. The topological polar surface area (TPSA) is 35.2 Å². The van der Waals surface area contributed by atoms with Gasteiger partial charge in [0.05, 0.1) is 12.3 Å². The SMILES string of the molecule is CCC(CC)COc1ccc(F)cc1N. The van der Waals surface area contributed by atoms with Gasteiger partial charge in [-0.1, -0.05) is 26.7 Å². The van der Waals surface area contributed by atoms with Crippen molar-refractivity contribution in [1.82, 2.24) is 0 Å². The van der Waals surface area contributed by atoms with Crippen molar-refractivity contribution in [3.8, 4) is 5.75 Å². The van der Waals surface area contributed by atoms with E-state index in [1.54, 1.807) is 6.07 Å². The summed E-state index contributed by atoms with van der Waals surface area (Å²) in [5.74, 6) is 0.778. The first-order valence-electron chi connectivity index (χ1n) is 5.35. The predicted molar refractivity (Wildman–Crippen MR) is 60.4 cm³/mol. The number of hydrogen-bond acceptors (Lipinski definition) is 2. The van der Waals surface area contributed by atoms with Crippen LogP contribution in [0.1, 0.15) is 26.7 Å². The zero-order valence-electron chi connectivity index (χ0n) is 9.29. The zero-order valence-corrected chi connectivity index (χ0v) is 9.29. The molecule has 0 amide bonds. The molecule has 0 radical (unpaired) electrons. The van der Waals surface area contributed by atoms with Crippen molar-refractivity contribution >= 4 is 5.69 Å². The summed E-state index contributed by atoms with van der Waals surface area (Å²) in [7, 11) is 0. The Hall–Kier alpha value is -1.25. The molecular weight excluding hydrogens is 193 g/mol. The van der Waals surface area contributed by atoms with Gasteiger partial charge in [-0.15, -0.1) is 0 Å². The fraction of sp³-hybridized carbons (Fsp3) is 0.500. The summed E-state index contributed by atoms with van der Waals surface area (Å²) in [6, 6.07) is 4.22. The van der Waals surface area contributed by atoms with Crippen molar-refractivity contribution in [1.29, 1.82) is 0 Å². The molecule has 0 fully saturated rings. The number of ether oxygens (including phenoxy) is 1. The summed E-state index contributed by atoms with van der Waals surface area (Å²) in [5, 5.41) is 0. The standard InChI is InChI=1S/C12H18FNO/c1-3-9(4-2)8-15-12-6-5-10(13)7-11(12)14/h5-7,9H,3-4,8,14H2,1-2H3. The van der Waals surface area contributed by atoms with E-state index in [-0.39, 0.29) is 5.82 Å². The summed E-state index contributed by atoms with van der Waals surface area (Å²) in [5.41, 5.74) is 5.99. The Morgan fingerprint density at radius 2 is 2.00 bits per heavy atom. The van der Waals surface area contributed by atoms with Gasteiger partial charge in [-0.2, -0.15) is 0 Å². The normalized spacial score (nSPS) is 10.7. The van der Waals surface area contributed by atoms with Crippen LogP contribution in [0.3, 0.4) is 0 Å². The largest absolute Gasteiger partial charge is 0.491 e. The molecule has 3 heteroatoms. The lowest BCUT2D eigenvalue weighted by molar-refractivity contribution is 0.241. The summed E-state index contributed by atoms with van der Waals surface area (Å²) < 4.78 is 18.3. The lowest BCUT2D eigenvalue weighted by Crippen LogP contribution is -2.11. The van der Waals surface area contributed by atoms with E-state index in [0.717, 1.165) is 12.8 Å². The first-order valence-corrected chi connectivity index (χ1v) is 5.35. The van der Waals surface area contributed by atoms with Gasteiger partial charge >= 0.3 is 0 Å². The van der Waals surface area contributed by atoms with Gasteiger partial charge in [0, 0.05) is 6.07 Å². The Morgan fingerprint density at radius 3 is 2.53 bits per heavy atom. The van der Waals surface area contributed by atoms with E-state index >= 15 is 0 Å². The van der Waals surface area contributed by atoms with Crippen LogP contribution in [0.2, 0.25) is 0 Å². The maximum Gasteiger partial charge on any atom is 0.142 e. The lowest BCUT2D eigenvalue weighted by Gasteiger charge is -2.14.